The van der Waals surface area contributed by atoms with E-state index in [0.717, 1.165) is 36.2 Å². The zero-order valence-corrected chi connectivity index (χ0v) is 12.9. The highest BCUT2D eigenvalue weighted by Gasteiger charge is 2.25. The Hall–Kier alpha value is -1.51. The number of nitrogens with one attached hydrogen (secondary N) is 1. The van der Waals surface area contributed by atoms with Crippen LogP contribution >= 0.6 is 0 Å². The molecule has 110 valence electrons. The summed E-state index contributed by atoms with van der Waals surface area (Å²) >= 11 is 0. The van der Waals surface area contributed by atoms with Gasteiger partial charge in [-0.15, -0.1) is 0 Å². The normalized spacial score (nSPS) is 15.9. The molecule has 1 N–H and O–H groups in total. The lowest BCUT2D eigenvalue weighted by Gasteiger charge is -2.34. The Balaban J connectivity index is 2.19. The number of amides is 1. The number of hydrogen-bond acceptors (Lipinski definition) is 2. The van der Waals surface area contributed by atoms with E-state index in [1.807, 2.05) is 32.2 Å². The maximum Gasteiger partial charge on any atom is 0.254 e. The molecule has 3 nitrogen and oxygen atoms in total. The van der Waals surface area contributed by atoms with Crippen molar-refractivity contribution in [1.82, 2.24) is 4.90 Å². The molecule has 2 rings (SSSR count). The van der Waals surface area contributed by atoms with Crippen LogP contribution in [-0.4, -0.2) is 30.4 Å². The summed E-state index contributed by atoms with van der Waals surface area (Å²) in [6.07, 6.45) is 6.15. The fourth-order valence-electron chi connectivity index (χ4n) is 3.17. The minimum absolute atomic E-state index is 0.194. The van der Waals surface area contributed by atoms with Crippen LogP contribution in [0.15, 0.2) is 18.2 Å². The zero-order chi connectivity index (χ0) is 14.5. The summed E-state index contributed by atoms with van der Waals surface area (Å²) in [5.74, 6) is 0.194. The highest BCUT2D eigenvalue weighted by molar-refractivity contribution is 5.96. The second-order valence-electron chi connectivity index (χ2n) is 5.66. The van der Waals surface area contributed by atoms with Gasteiger partial charge in [0.25, 0.3) is 5.91 Å². The van der Waals surface area contributed by atoms with Gasteiger partial charge >= 0.3 is 0 Å². The lowest BCUT2D eigenvalue weighted by molar-refractivity contribution is 0.0647. The third-order valence-electron chi connectivity index (χ3n) is 4.36. The van der Waals surface area contributed by atoms with E-state index in [2.05, 4.69) is 17.1 Å². The van der Waals surface area contributed by atoms with Crippen molar-refractivity contribution in [2.75, 3.05) is 18.9 Å². The fraction of sp³-hybridized carbons (Fsp3) is 0.588. The lowest BCUT2D eigenvalue weighted by atomic mass is 9.93. The molecule has 0 unspecified atom stereocenters. The summed E-state index contributed by atoms with van der Waals surface area (Å²) in [5.41, 5.74) is 2.95. The quantitative estimate of drug-likeness (QED) is 0.905. The van der Waals surface area contributed by atoms with Crippen LogP contribution in [-0.2, 0) is 0 Å². The molecule has 0 heterocycles. The first-order valence-corrected chi connectivity index (χ1v) is 7.76. The first kappa shape index (κ1) is 14.9. The van der Waals surface area contributed by atoms with Crippen LogP contribution in [0.5, 0.6) is 0 Å². The van der Waals surface area contributed by atoms with Crippen molar-refractivity contribution in [2.24, 2.45) is 0 Å². The van der Waals surface area contributed by atoms with E-state index >= 15 is 0 Å². The SMILES string of the molecule is CCN(C(=O)c1ccc(NC)cc1C)C1CCCCC1. The minimum atomic E-state index is 0.194. The van der Waals surface area contributed by atoms with Gasteiger partial charge in [0.15, 0.2) is 0 Å². The van der Waals surface area contributed by atoms with E-state index in [-0.39, 0.29) is 5.91 Å². The third-order valence-corrected chi connectivity index (χ3v) is 4.36. The van der Waals surface area contributed by atoms with Crippen molar-refractivity contribution in [3.05, 3.63) is 29.3 Å². The van der Waals surface area contributed by atoms with Gasteiger partial charge in [0.05, 0.1) is 0 Å². The van der Waals surface area contributed by atoms with Gasteiger partial charge in [0, 0.05) is 30.9 Å². The molecule has 0 spiro atoms. The molecule has 1 aliphatic carbocycles. The van der Waals surface area contributed by atoms with Gasteiger partial charge in [-0.25, -0.2) is 0 Å². The monoisotopic (exact) mass is 274 g/mol. The second-order valence-corrected chi connectivity index (χ2v) is 5.66. The predicted molar refractivity (Wildman–Crippen MR) is 84.3 cm³/mol. The summed E-state index contributed by atoms with van der Waals surface area (Å²) in [5, 5.41) is 3.12. The number of aryl methyl sites for hydroxylation is 1. The van der Waals surface area contributed by atoms with Crippen LogP contribution < -0.4 is 5.32 Å². The van der Waals surface area contributed by atoms with E-state index in [9.17, 15) is 4.79 Å². The van der Waals surface area contributed by atoms with Gasteiger partial charge in [-0.1, -0.05) is 19.3 Å². The van der Waals surface area contributed by atoms with Crippen LogP contribution in [0.25, 0.3) is 0 Å². The second kappa shape index (κ2) is 6.78. The van der Waals surface area contributed by atoms with Gasteiger partial charge in [-0.2, -0.15) is 0 Å². The van der Waals surface area contributed by atoms with Gasteiger partial charge in [0.1, 0.15) is 0 Å². The van der Waals surface area contributed by atoms with Crippen molar-refractivity contribution in [3.63, 3.8) is 0 Å². The largest absolute Gasteiger partial charge is 0.388 e. The molecule has 0 saturated heterocycles. The summed E-state index contributed by atoms with van der Waals surface area (Å²) < 4.78 is 0. The summed E-state index contributed by atoms with van der Waals surface area (Å²) in [7, 11) is 1.90. The maximum absolute atomic E-state index is 12.8. The Morgan fingerprint density at radius 2 is 2.00 bits per heavy atom. The van der Waals surface area contributed by atoms with Gasteiger partial charge in [-0.3, -0.25) is 4.79 Å². The first-order chi connectivity index (χ1) is 9.67. The minimum Gasteiger partial charge on any atom is -0.388 e. The molecular formula is C17H26N2O. The Morgan fingerprint density at radius 1 is 1.30 bits per heavy atom. The average Bonchev–Trinajstić information content (AvgIpc) is 2.48. The molecule has 1 aromatic rings. The number of carbonyl (C=O) groups excluding carboxylic acids is 1. The Bertz CT molecular complexity index is 464. The van der Waals surface area contributed by atoms with Crippen LogP contribution in [0, 0.1) is 6.92 Å². The fourth-order valence-corrected chi connectivity index (χ4v) is 3.17. The van der Waals surface area contributed by atoms with Crippen molar-refractivity contribution >= 4 is 11.6 Å². The average molecular weight is 274 g/mol. The van der Waals surface area contributed by atoms with Crippen LogP contribution in [0.1, 0.15) is 54.9 Å². The molecule has 0 atom stereocenters. The van der Waals surface area contributed by atoms with Crippen molar-refractivity contribution in [3.8, 4) is 0 Å². The standard InChI is InChI=1S/C17H26N2O/c1-4-19(15-8-6-5-7-9-15)17(20)16-11-10-14(18-3)12-13(16)2/h10-12,15,18H,4-9H2,1-3H3. The molecule has 1 saturated carbocycles. The molecular weight excluding hydrogens is 248 g/mol. The molecule has 3 heteroatoms. The van der Waals surface area contributed by atoms with Crippen molar-refractivity contribution in [2.45, 2.75) is 52.0 Å². The zero-order valence-electron chi connectivity index (χ0n) is 12.9. The van der Waals surface area contributed by atoms with E-state index in [0.29, 0.717) is 6.04 Å². The molecule has 20 heavy (non-hydrogen) atoms. The van der Waals surface area contributed by atoms with Crippen LogP contribution in [0.2, 0.25) is 0 Å². The molecule has 0 bridgehead atoms. The van der Waals surface area contributed by atoms with Crippen LogP contribution in [0.4, 0.5) is 5.69 Å². The summed E-state index contributed by atoms with van der Waals surface area (Å²) in [6, 6.07) is 6.41. The third kappa shape index (κ3) is 3.14. The molecule has 1 fully saturated rings. The number of hydrogen-bond donors (Lipinski definition) is 1. The Labute approximate surface area is 122 Å². The Morgan fingerprint density at radius 3 is 2.55 bits per heavy atom. The molecule has 1 aromatic carbocycles. The topological polar surface area (TPSA) is 32.3 Å². The van der Waals surface area contributed by atoms with E-state index in [1.54, 1.807) is 0 Å². The number of benzene rings is 1. The van der Waals surface area contributed by atoms with E-state index in [1.165, 1.54) is 19.3 Å². The van der Waals surface area contributed by atoms with Crippen molar-refractivity contribution < 1.29 is 4.79 Å². The number of carbonyl (C=O) groups is 1. The molecule has 0 radical (unpaired) electrons. The summed E-state index contributed by atoms with van der Waals surface area (Å²) in [4.78, 5) is 14.9. The number of rotatable bonds is 4. The lowest BCUT2D eigenvalue weighted by Crippen LogP contribution is -2.41. The molecule has 0 aromatic heterocycles. The van der Waals surface area contributed by atoms with Crippen molar-refractivity contribution in [1.29, 1.82) is 0 Å². The van der Waals surface area contributed by atoms with Gasteiger partial charge in [-0.05, 0) is 50.5 Å². The molecule has 1 amide bonds. The number of nitrogens with zero attached hydrogens (tertiary/aromatic N) is 1. The molecule has 0 aliphatic heterocycles. The maximum atomic E-state index is 12.8. The van der Waals surface area contributed by atoms with Crippen LogP contribution in [0.3, 0.4) is 0 Å². The summed E-state index contributed by atoms with van der Waals surface area (Å²) in [6.45, 7) is 4.91. The molecule has 1 aliphatic rings. The Kier molecular flexibility index (Phi) is 5.05. The van der Waals surface area contributed by atoms with Gasteiger partial charge in [0.2, 0.25) is 0 Å². The highest BCUT2D eigenvalue weighted by atomic mass is 16.2. The number of anilines is 1. The smallest absolute Gasteiger partial charge is 0.254 e. The first-order valence-electron chi connectivity index (χ1n) is 7.76. The highest BCUT2D eigenvalue weighted by Crippen LogP contribution is 2.25. The predicted octanol–water partition coefficient (Wildman–Crippen LogP) is 3.83. The van der Waals surface area contributed by atoms with Gasteiger partial charge < -0.3 is 10.2 Å². The van der Waals surface area contributed by atoms with E-state index in [4.69, 9.17) is 0 Å². The van der Waals surface area contributed by atoms with E-state index < -0.39 is 0 Å².